The van der Waals surface area contributed by atoms with Crippen molar-refractivity contribution in [1.82, 2.24) is 14.5 Å². The van der Waals surface area contributed by atoms with Crippen LogP contribution < -0.4 is 9.47 Å². The van der Waals surface area contributed by atoms with Gasteiger partial charge in [0.05, 0.1) is 17.9 Å². The Balaban J connectivity index is 1.57. The number of para-hydroxylation sites is 1. The zero-order valence-electron chi connectivity index (χ0n) is 12.1. The highest BCUT2D eigenvalue weighted by Gasteiger charge is 2.29. The van der Waals surface area contributed by atoms with Gasteiger partial charge in [0.2, 0.25) is 6.79 Å². The van der Waals surface area contributed by atoms with Gasteiger partial charge in [-0.1, -0.05) is 6.07 Å². The third kappa shape index (κ3) is 2.20. The van der Waals surface area contributed by atoms with E-state index in [-0.39, 0.29) is 18.7 Å². The number of carbonyl (C=O) groups is 1. The summed E-state index contributed by atoms with van der Waals surface area (Å²) >= 11 is 0. The summed E-state index contributed by atoms with van der Waals surface area (Å²) in [7, 11) is 0. The van der Waals surface area contributed by atoms with Crippen molar-refractivity contribution in [2.75, 3.05) is 19.9 Å². The molecule has 0 radical (unpaired) electrons. The molecule has 1 amide bonds. The normalized spacial score (nSPS) is 20.2. The molecular weight excluding hydrogens is 282 g/mol. The molecule has 4 rings (SSSR count). The molecule has 1 fully saturated rings. The molecule has 1 atom stereocenters. The van der Waals surface area contributed by atoms with Gasteiger partial charge >= 0.3 is 0 Å². The second kappa shape index (κ2) is 5.36. The topological polar surface area (TPSA) is 56.6 Å². The van der Waals surface area contributed by atoms with Gasteiger partial charge in [-0.2, -0.15) is 0 Å². The molecule has 1 saturated heterocycles. The average molecular weight is 299 g/mol. The summed E-state index contributed by atoms with van der Waals surface area (Å²) in [5.41, 5.74) is 0.585. The minimum absolute atomic E-state index is 0.00663. The fourth-order valence-corrected chi connectivity index (χ4v) is 3.14. The van der Waals surface area contributed by atoms with Crippen LogP contribution in [-0.2, 0) is 0 Å². The van der Waals surface area contributed by atoms with Crippen LogP contribution in [0.5, 0.6) is 11.5 Å². The first-order chi connectivity index (χ1) is 10.8. The van der Waals surface area contributed by atoms with Gasteiger partial charge in [-0.3, -0.25) is 4.79 Å². The zero-order valence-corrected chi connectivity index (χ0v) is 12.1. The molecule has 2 aliphatic rings. The second-order valence-corrected chi connectivity index (χ2v) is 5.60. The number of likely N-dealkylation sites (tertiary alicyclic amines) is 1. The first kappa shape index (κ1) is 13.2. The molecule has 2 aromatic rings. The van der Waals surface area contributed by atoms with Crippen molar-refractivity contribution in [3.05, 3.63) is 42.5 Å². The Kier molecular flexibility index (Phi) is 3.21. The molecule has 22 heavy (non-hydrogen) atoms. The Hall–Kier alpha value is -2.50. The van der Waals surface area contributed by atoms with Gasteiger partial charge in [0.15, 0.2) is 11.5 Å². The molecule has 0 N–H and O–H groups in total. The lowest BCUT2D eigenvalue weighted by molar-refractivity contribution is 0.0675. The molecule has 0 saturated carbocycles. The SMILES string of the molecule is O=C(c1cccc2c1OCO2)N1CCC[C@H](n2ccnc2)C1. The number of hydrogen-bond donors (Lipinski definition) is 0. The third-order valence-corrected chi connectivity index (χ3v) is 4.26. The van der Waals surface area contributed by atoms with Crippen molar-refractivity contribution >= 4 is 5.91 Å². The first-order valence-electron chi connectivity index (χ1n) is 7.48. The molecular formula is C16H17N3O3. The molecule has 0 aliphatic carbocycles. The fraction of sp³-hybridized carbons (Fsp3) is 0.375. The number of nitrogens with zero attached hydrogens (tertiary/aromatic N) is 3. The molecule has 0 bridgehead atoms. The third-order valence-electron chi connectivity index (χ3n) is 4.26. The van der Waals surface area contributed by atoms with Gasteiger partial charge in [0.1, 0.15) is 0 Å². The summed E-state index contributed by atoms with van der Waals surface area (Å²) in [5.74, 6) is 1.22. The molecule has 6 nitrogen and oxygen atoms in total. The van der Waals surface area contributed by atoms with Crippen molar-refractivity contribution in [3.8, 4) is 11.5 Å². The molecule has 6 heteroatoms. The van der Waals surface area contributed by atoms with E-state index in [2.05, 4.69) is 9.55 Å². The Morgan fingerprint density at radius 1 is 1.32 bits per heavy atom. The highest BCUT2D eigenvalue weighted by atomic mass is 16.7. The number of aromatic nitrogens is 2. The number of imidazole rings is 1. The number of carbonyl (C=O) groups excluding carboxylic acids is 1. The van der Waals surface area contributed by atoms with Crippen molar-refractivity contribution in [2.45, 2.75) is 18.9 Å². The molecule has 114 valence electrons. The van der Waals surface area contributed by atoms with E-state index in [0.717, 1.165) is 19.4 Å². The number of ether oxygens (including phenoxy) is 2. The van der Waals surface area contributed by atoms with E-state index in [0.29, 0.717) is 23.6 Å². The van der Waals surface area contributed by atoms with Crippen LogP contribution in [0.15, 0.2) is 36.9 Å². The minimum Gasteiger partial charge on any atom is -0.454 e. The van der Waals surface area contributed by atoms with Gasteiger partial charge in [-0.25, -0.2) is 4.98 Å². The summed E-state index contributed by atoms with van der Waals surface area (Å²) in [6, 6.07) is 5.74. The summed E-state index contributed by atoms with van der Waals surface area (Å²) in [6.45, 7) is 1.64. The lowest BCUT2D eigenvalue weighted by Gasteiger charge is -2.33. The highest BCUT2D eigenvalue weighted by Crippen LogP contribution is 2.36. The molecule has 2 aliphatic heterocycles. The maximum absolute atomic E-state index is 12.8. The summed E-state index contributed by atoms with van der Waals surface area (Å²) < 4.78 is 12.9. The second-order valence-electron chi connectivity index (χ2n) is 5.60. The maximum atomic E-state index is 12.8. The van der Waals surface area contributed by atoms with Crippen molar-refractivity contribution in [3.63, 3.8) is 0 Å². The number of benzene rings is 1. The standard InChI is InChI=1S/C16H17N3O3/c20-16(13-4-1-5-14-15(13)22-11-21-14)18-7-2-3-12(9-18)19-8-6-17-10-19/h1,4-6,8,10,12H,2-3,7,9,11H2/t12-/m0/s1. The number of hydrogen-bond acceptors (Lipinski definition) is 4. The monoisotopic (exact) mass is 299 g/mol. The quantitative estimate of drug-likeness (QED) is 0.852. The summed E-state index contributed by atoms with van der Waals surface area (Å²) in [4.78, 5) is 18.8. The van der Waals surface area contributed by atoms with Crippen LogP contribution in [-0.4, -0.2) is 40.2 Å². The molecule has 3 heterocycles. The predicted molar refractivity (Wildman–Crippen MR) is 79.0 cm³/mol. The van der Waals surface area contributed by atoms with Crippen LogP contribution in [0.3, 0.4) is 0 Å². The molecule has 1 aromatic heterocycles. The van der Waals surface area contributed by atoms with E-state index < -0.39 is 0 Å². The van der Waals surface area contributed by atoms with E-state index in [4.69, 9.17) is 9.47 Å². The Bertz CT molecular complexity index is 684. The number of fused-ring (bicyclic) bond motifs is 1. The number of rotatable bonds is 2. The van der Waals surface area contributed by atoms with Crippen molar-refractivity contribution in [2.24, 2.45) is 0 Å². The number of piperidine rings is 1. The first-order valence-corrected chi connectivity index (χ1v) is 7.48. The van der Waals surface area contributed by atoms with E-state index in [1.807, 2.05) is 29.6 Å². The molecule has 0 spiro atoms. The fourth-order valence-electron chi connectivity index (χ4n) is 3.14. The lowest BCUT2D eigenvalue weighted by Crippen LogP contribution is -2.40. The maximum Gasteiger partial charge on any atom is 0.257 e. The van der Waals surface area contributed by atoms with E-state index in [9.17, 15) is 4.79 Å². The molecule has 1 aromatic carbocycles. The van der Waals surface area contributed by atoms with Gasteiger partial charge in [-0.15, -0.1) is 0 Å². The van der Waals surface area contributed by atoms with E-state index >= 15 is 0 Å². The zero-order chi connectivity index (χ0) is 14.9. The van der Waals surface area contributed by atoms with E-state index in [1.165, 1.54) is 0 Å². The van der Waals surface area contributed by atoms with Gasteiger partial charge in [0, 0.05) is 25.5 Å². The van der Waals surface area contributed by atoms with Crippen LogP contribution in [0, 0.1) is 0 Å². The average Bonchev–Trinajstić information content (AvgIpc) is 3.25. The van der Waals surface area contributed by atoms with Gasteiger partial charge in [0.25, 0.3) is 5.91 Å². The Morgan fingerprint density at radius 2 is 2.27 bits per heavy atom. The summed E-state index contributed by atoms with van der Waals surface area (Å²) in [5, 5.41) is 0. The van der Waals surface area contributed by atoms with Crippen LogP contribution in [0.25, 0.3) is 0 Å². The largest absolute Gasteiger partial charge is 0.454 e. The van der Waals surface area contributed by atoms with Crippen molar-refractivity contribution in [1.29, 1.82) is 0 Å². The predicted octanol–water partition coefficient (Wildman–Crippen LogP) is 2.09. The van der Waals surface area contributed by atoms with Crippen LogP contribution in [0.1, 0.15) is 29.2 Å². The Labute approximate surface area is 128 Å². The van der Waals surface area contributed by atoms with Crippen LogP contribution in [0.4, 0.5) is 0 Å². The number of amides is 1. The van der Waals surface area contributed by atoms with Crippen LogP contribution >= 0.6 is 0 Å². The van der Waals surface area contributed by atoms with Gasteiger partial charge < -0.3 is 18.9 Å². The smallest absolute Gasteiger partial charge is 0.257 e. The summed E-state index contributed by atoms with van der Waals surface area (Å²) in [6.07, 6.45) is 7.59. The minimum atomic E-state index is 0.00663. The van der Waals surface area contributed by atoms with Crippen LogP contribution in [0.2, 0.25) is 0 Å². The lowest BCUT2D eigenvalue weighted by atomic mass is 10.0. The highest BCUT2D eigenvalue weighted by molar-refractivity contribution is 5.98. The van der Waals surface area contributed by atoms with E-state index in [1.54, 1.807) is 12.3 Å². The van der Waals surface area contributed by atoms with Crippen molar-refractivity contribution < 1.29 is 14.3 Å². The Morgan fingerprint density at radius 3 is 3.14 bits per heavy atom. The van der Waals surface area contributed by atoms with Gasteiger partial charge in [-0.05, 0) is 25.0 Å². The molecule has 0 unspecified atom stereocenters.